The summed E-state index contributed by atoms with van der Waals surface area (Å²) in [5.74, 6) is 0.957. The Morgan fingerprint density at radius 2 is 2.11 bits per heavy atom. The van der Waals surface area contributed by atoms with Crippen LogP contribution in [0.4, 0.5) is 0 Å². The molecule has 0 saturated carbocycles. The summed E-state index contributed by atoms with van der Waals surface area (Å²) in [5.41, 5.74) is 0. The first kappa shape index (κ1) is 16.4. The summed E-state index contributed by atoms with van der Waals surface area (Å²) in [6, 6.07) is -0.130. The van der Waals surface area contributed by atoms with Gasteiger partial charge in [0.2, 0.25) is 5.91 Å². The van der Waals surface area contributed by atoms with E-state index in [-0.39, 0.29) is 23.5 Å². The van der Waals surface area contributed by atoms with Gasteiger partial charge in [0.1, 0.15) is 0 Å². The van der Waals surface area contributed by atoms with Crippen LogP contribution in [0.1, 0.15) is 33.6 Å². The minimum Gasteiger partial charge on any atom is -0.338 e. The minimum absolute atomic E-state index is 0.00774. The Balaban J connectivity index is 2.40. The number of likely N-dealkylation sites (N-methyl/N-ethyl adjacent to an activating group) is 1. The van der Waals surface area contributed by atoms with E-state index in [1.807, 2.05) is 6.92 Å². The third-order valence-electron chi connectivity index (χ3n) is 3.48. The summed E-state index contributed by atoms with van der Waals surface area (Å²) in [4.78, 5) is 13.8. The van der Waals surface area contributed by atoms with Crippen molar-refractivity contribution < 1.29 is 13.2 Å². The molecule has 1 aliphatic rings. The summed E-state index contributed by atoms with van der Waals surface area (Å²) in [6.07, 6.45) is 1.62. The van der Waals surface area contributed by atoms with Gasteiger partial charge in [0.25, 0.3) is 0 Å². The van der Waals surface area contributed by atoms with E-state index in [0.717, 1.165) is 13.0 Å². The van der Waals surface area contributed by atoms with Gasteiger partial charge >= 0.3 is 0 Å². The van der Waals surface area contributed by atoms with E-state index in [1.165, 1.54) is 0 Å². The van der Waals surface area contributed by atoms with Crippen molar-refractivity contribution in [2.45, 2.75) is 39.7 Å². The molecule has 1 rings (SSSR count). The topological polar surface area (TPSA) is 66.5 Å². The molecule has 0 aromatic carbocycles. The van der Waals surface area contributed by atoms with Gasteiger partial charge in [-0.3, -0.25) is 4.79 Å². The van der Waals surface area contributed by atoms with Gasteiger partial charge in [-0.1, -0.05) is 13.8 Å². The Kier molecular flexibility index (Phi) is 6.26. The summed E-state index contributed by atoms with van der Waals surface area (Å²) in [6.45, 7) is 7.89. The van der Waals surface area contributed by atoms with Gasteiger partial charge in [-0.15, -0.1) is 0 Å². The van der Waals surface area contributed by atoms with Crippen LogP contribution in [-0.4, -0.2) is 56.4 Å². The summed E-state index contributed by atoms with van der Waals surface area (Å²) < 4.78 is 22.9. The molecule has 5 nitrogen and oxygen atoms in total. The number of hydrogen-bond acceptors (Lipinski definition) is 4. The van der Waals surface area contributed by atoms with Gasteiger partial charge < -0.3 is 10.2 Å². The van der Waals surface area contributed by atoms with Crippen LogP contribution in [0.25, 0.3) is 0 Å². The fourth-order valence-corrected chi connectivity index (χ4v) is 4.08. The highest BCUT2D eigenvalue weighted by atomic mass is 32.2. The van der Waals surface area contributed by atoms with Crippen LogP contribution in [0.15, 0.2) is 0 Å². The molecule has 0 spiro atoms. The maximum atomic E-state index is 12.1. The Hall–Kier alpha value is -0.620. The van der Waals surface area contributed by atoms with Gasteiger partial charge in [-0.25, -0.2) is 8.42 Å². The highest BCUT2D eigenvalue weighted by Gasteiger charge is 2.33. The highest BCUT2D eigenvalue weighted by Crippen LogP contribution is 2.17. The van der Waals surface area contributed by atoms with E-state index in [1.54, 1.807) is 4.90 Å². The predicted octanol–water partition coefficient (Wildman–Crippen LogP) is 0.658. The standard InChI is InChI=1S/C13H26N2O3S/c1-4-15(12-6-8-19(17,18)10-12)13(16)9-14-7-5-11(2)3/h11-12,14H,4-10H2,1-3H3. The van der Waals surface area contributed by atoms with Gasteiger partial charge in [-0.05, 0) is 32.2 Å². The van der Waals surface area contributed by atoms with E-state index in [9.17, 15) is 13.2 Å². The summed E-state index contributed by atoms with van der Waals surface area (Å²) >= 11 is 0. The highest BCUT2D eigenvalue weighted by molar-refractivity contribution is 7.91. The number of carbonyl (C=O) groups excluding carboxylic acids is 1. The van der Waals surface area contributed by atoms with Crippen LogP contribution in [-0.2, 0) is 14.6 Å². The first-order valence-electron chi connectivity index (χ1n) is 7.06. The van der Waals surface area contributed by atoms with E-state index < -0.39 is 9.84 Å². The molecule has 19 heavy (non-hydrogen) atoms. The minimum atomic E-state index is -2.93. The van der Waals surface area contributed by atoms with Crippen LogP contribution >= 0.6 is 0 Å². The van der Waals surface area contributed by atoms with E-state index in [2.05, 4.69) is 19.2 Å². The predicted molar refractivity (Wildman–Crippen MR) is 76.8 cm³/mol. The molecule has 0 aromatic rings. The number of nitrogens with zero attached hydrogens (tertiary/aromatic N) is 1. The molecule has 1 amide bonds. The average Bonchev–Trinajstić information content (AvgIpc) is 2.66. The molecule has 1 atom stereocenters. The number of sulfone groups is 1. The van der Waals surface area contributed by atoms with Crippen molar-refractivity contribution in [2.75, 3.05) is 31.1 Å². The molecule has 1 fully saturated rings. The van der Waals surface area contributed by atoms with Gasteiger partial charge in [-0.2, -0.15) is 0 Å². The molecule has 1 aliphatic heterocycles. The fourth-order valence-electron chi connectivity index (χ4n) is 2.35. The average molecular weight is 290 g/mol. The maximum Gasteiger partial charge on any atom is 0.236 e. The normalized spacial score (nSPS) is 21.8. The first-order valence-corrected chi connectivity index (χ1v) is 8.88. The first-order chi connectivity index (χ1) is 8.85. The van der Waals surface area contributed by atoms with Gasteiger partial charge in [0.15, 0.2) is 9.84 Å². The van der Waals surface area contributed by atoms with Crippen molar-refractivity contribution in [3.05, 3.63) is 0 Å². The van der Waals surface area contributed by atoms with Crippen molar-refractivity contribution in [3.63, 3.8) is 0 Å². The number of rotatable bonds is 7. The Morgan fingerprint density at radius 1 is 1.42 bits per heavy atom. The molecule has 112 valence electrons. The second kappa shape index (κ2) is 7.24. The monoisotopic (exact) mass is 290 g/mol. The zero-order valence-electron chi connectivity index (χ0n) is 12.2. The molecule has 0 aromatic heterocycles. The van der Waals surface area contributed by atoms with Gasteiger partial charge in [0.05, 0.1) is 18.1 Å². The maximum absolute atomic E-state index is 12.1. The van der Waals surface area contributed by atoms with E-state index in [0.29, 0.717) is 25.4 Å². The van der Waals surface area contributed by atoms with E-state index >= 15 is 0 Å². The number of amides is 1. The molecule has 1 saturated heterocycles. The van der Waals surface area contributed by atoms with Crippen LogP contribution in [0.5, 0.6) is 0 Å². The summed E-state index contributed by atoms with van der Waals surface area (Å²) in [7, 11) is -2.93. The molecule has 0 aliphatic carbocycles. The molecular formula is C13H26N2O3S. The molecular weight excluding hydrogens is 264 g/mol. The lowest BCUT2D eigenvalue weighted by molar-refractivity contribution is -0.131. The lowest BCUT2D eigenvalue weighted by Crippen LogP contribution is -2.45. The van der Waals surface area contributed by atoms with E-state index in [4.69, 9.17) is 0 Å². The third-order valence-corrected chi connectivity index (χ3v) is 5.24. The molecule has 0 bridgehead atoms. The second-order valence-electron chi connectivity index (χ2n) is 5.60. The SMILES string of the molecule is CCN(C(=O)CNCCC(C)C)C1CCS(=O)(=O)C1. The number of nitrogens with one attached hydrogen (secondary N) is 1. The Labute approximate surface area is 116 Å². The molecule has 1 N–H and O–H groups in total. The lowest BCUT2D eigenvalue weighted by Gasteiger charge is -2.27. The molecule has 0 radical (unpaired) electrons. The molecule has 1 unspecified atom stereocenters. The fraction of sp³-hybridized carbons (Fsp3) is 0.923. The number of hydrogen-bond donors (Lipinski definition) is 1. The van der Waals surface area contributed by atoms with Crippen LogP contribution in [0, 0.1) is 5.92 Å². The third kappa shape index (κ3) is 5.48. The van der Waals surface area contributed by atoms with Gasteiger partial charge in [0, 0.05) is 12.6 Å². The molecule has 6 heteroatoms. The van der Waals surface area contributed by atoms with Crippen molar-refractivity contribution in [2.24, 2.45) is 5.92 Å². The summed E-state index contributed by atoms with van der Waals surface area (Å²) in [5, 5.41) is 3.13. The van der Waals surface area contributed by atoms with Crippen molar-refractivity contribution in [1.82, 2.24) is 10.2 Å². The smallest absolute Gasteiger partial charge is 0.236 e. The quantitative estimate of drug-likeness (QED) is 0.699. The van der Waals surface area contributed by atoms with Crippen LogP contribution in [0.3, 0.4) is 0 Å². The zero-order chi connectivity index (χ0) is 14.5. The Bertz CT molecular complexity index is 393. The van der Waals surface area contributed by atoms with Crippen LogP contribution in [0.2, 0.25) is 0 Å². The van der Waals surface area contributed by atoms with Crippen molar-refractivity contribution in [1.29, 1.82) is 0 Å². The van der Waals surface area contributed by atoms with Crippen molar-refractivity contribution in [3.8, 4) is 0 Å². The zero-order valence-corrected chi connectivity index (χ0v) is 13.0. The molecule has 1 heterocycles. The number of carbonyl (C=O) groups is 1. The second-order valence-corrected chi connectivity index (χ2v) is 7.82. The largest absolute Gasteiger partial charge is 0.338 e. The van der Waals surface area contributed by atoms with Crippen molar-refractivity contribution >= 4 is 15.7 Å². The lowest BCUT2D eigenvalue weighted by atomic mass is 10.1. The van der Waals surface area contributed by atoms with Crippen LogP contribution < -0.4 is 5.32 Å². The Morgan fingerprint density at radius 3 is 2.58 bits per heavy atom.